The van der Waals surface area contributed by atoms with Crippen LogP contribution in [-0.4, -0.2) is 22.8 Å². The van der Waals surface area contributed by atoms with Crippen LogP contribution in [0, 0.1) is 5.82 Å². The topological polar surface area (TPSA) is 56.1 Å². The van der Waals surface area contributed by atoms with Gasteiger partial charge in [0.25, 0.3) is 5.91 Å². The number of nitrogens with zero attached hydrogens (tertiary/aromatic N) is 2. The second-order valence-corrected chi connectivity index (χ2v) is 5.76. The number of ether oxygens (including phenoxy) is 1. The molecule has 0 aliphatic rings. The van der Waals surface area contributed by atoms with Gasteiger partial charge in [0.05, 0.1) is 17.8 Å². The van der Waals surface area contributed by atoms with Crippen LogP contribution in [0.25, 0.3) is 11.3 Å². The van der Waals surface area contributed by atoms with Gasteiger partial charge in [0.15, 0.2) is 0 Å². The zero-order chi connectivity index (χ0) is 18.0. The Morgan fingerprint density at radius 1 is 1.24 bits per heavy atom. The average Bonchev–Trinajstić information content (AvgIpc) is 3.00. The van der Waals surface area contributed by atoms with E-state index in [1.807, 2.05) is 24.3 Å². The normalized spacial score (nSPS) is 10.6. The van der Waals surface area contributed by atoms with E-state index in [0.29, 0.717) is 22.8 Å². The van der Waals surface area contributed by atoms with Crippen LogP contribution in [0.2, 0.25) is 5.02 Å². The minimum Gasteiger partial charge on any atom is -0.497 e. The fraction of sp³-hybridized carbons (Fsp3) is 0.111. The third kappa shape index (κ3) is 3.64. The summed E-state index contributed by atoms with van der Waals surface area (Å²) in [5.41, 5.74) is 2.24. The van der Waals surface area contributed by atoms with Crippen molar-refractivity contribution in [2.45, 2.75) is 0 Å². The van der Waals surface area contributed by atoms with Crippen LogP contribution >= 0.6 is 11.6 Å². The van der Waals surface area contributed by atoms with Crippen molar-refractivity contribution in [2.75, 3.05) is 12.4 Å². The minimum absolute atomic E-state index is 0.0557. The van der Waals surface area contributed by atoms with Gasteiger partial charge in [-0.25, -0.2) is 4.39 Å². The number of carbonyl (C=O) groups is 1. The van der Waals surface area contributed by atoms with Gasteiger partial charge in [-0.2, -0.15) is 5.10 Å². The van der Waals surface area contributed by atoms with Crippen LogP contribution in [-0.2, 0) is 7.05 Å². The summed E-state index contributed by atoms with van der Waals surface area (Å²) in [6, 6.07) is 13.1. The van der Waals surface area contributed by atoms with E-state index in [2.05, 4.69) is 10.4 Å². The van der Waals surface area contributed by atoms with Crippen molar-refractivity contribution in [3.8, 4) is 17.0 Å². The largest absolute Gasteiger partial charge is 0.497 e. The van der Waals surface area contributed by atoms with Crippen molar-refractivity contribution < 1.29 is 13.9 Å². The van der Waals surface area contributed by atoms with E-state index >= 15 is 0 Å². The highest BCUT2D eigenvalue weighted by Crippen LogP contribution is 2.24. The highest BCUT2D eigenvalue weighted by atomic mass is 35.5. The molecule has 0 aliphatic heterocycles. The number of aromatic nitrogens is 2. The monoisotopic (exact) mass is 359 g/mol. The van der Waals surface area contributed by atoms with Gasteiger partial charge in [0.1, 0.15) is 17.3 Å². The van der Waals surface area contributed by atoms with Crippen molar-refractivity contribution >= 4 is 23.2 Å². The van der Waals surface area contributed by atoms with Crippen LogP contribution in [0.15, 0.2) is 48.5 Å². The van der Waals surface area contributed by atoms with Gasteiger partial charge < -0.3 is 10.1 Å². The summed E-state index contributed by atoms with van der Waals surface area (Å²) in [6.45, 7) is 0. The van der Waals surface area contributed by atoms with Gasteiger partial charge in [-0.15, -0.1) is 0 Å². The van der Waals surface area contributed by atoms with Gasteiger partial charge in [0, 0.05) is 18.3 Å². The lowest BCUT2D eigenvalue weighted by Crippen LogP contribution is -2.16. The van der Waals surface area contributed by atoms with Crippen LogP contribution in [0.5, 0.6) is 5.75 Å². The van der Waals surface area contributed by atoms with Gasteiger partial charge in [-0.1, -0.05) is 23.7 Å². The van der Waals surface area contributed by atoms with E-state index in [4.69, 9.17) is 16.3 Å². The van der Waals surface area contributed by atoms with Crippen molar-refractivity contribution in [2.24, 2.45) is 7.05 Å². The molecule has 0 bridgehead atoms. The van der Waals surface area contributed by atoms with Gasteiger partial charge >= 0.3 is 0 Å². The van der Waals surface area contributed by atoms with Crippen molar-refractivity contribution in [1.82, 2.24) is 9.78 Å². The first-order chi connectivity index (χ1) is 12.0. The molecule has 0 aliphatic carbocycles. The number of hydrogen-bond donors (Lipinski definition) is 1. The number of hydrogen-bond acceptors (Lipinski definition) is 3. The van der Waals surface area contributed by atoms with Crippen LogP contribution in [0.4, 0.5) is 10.1 Å². The maximum Gasteiger partial charge on any atom is 0.273 e. The number of rotatable bonds is 4. The molecule has 25 heavy (non-hydrogen) atoms. The molecule has 0 saturated heterocycles. The van der Waals surface area contributed by atoms with Gasteiger partial charge in [-0.05, 0) is 36.4 Å². The molecule has 128 valence electrons. The first-order valence-corrected chi connectivity index (χ1v) is 7.80. The van der Waals surface area contributed by atoms with Crippen molar-refractivity contribution in [3.05, 3.63) is 65.1 Å². The number of halogens is 2. The van der Waals surface area contributed by atoms with Crippen LogP contribution < -0.4 is 10.1 Å². The highest BCUT2D eigenvalue weighted by Gasteiger charge is 2.15. The maximum absolute atomic E-state index is 13.2. The summed E-state index contributed by atoms with van der Waals surface area (Å²) in [6.07, 6.45) is 0. The second kappa shape index (κ2) is 6.94. The van der Waals surface area contributed by atoms with Crippen molar-refractivity contribution in [1.29, 1.82) is 0 Å². The van der Waals surface area contributed by atoms with E-state index in [1.54, 1.807) is 20.2 Å². The Kier molecular flexibility index (Phi) is 4.72. The van der Waals surface area contributed by atoms with E-state index in [-0.39, 0.29) is 10.9 Å². The van der Waals surface area contributed by atoms with Crippen LogP contribution in [0.3, 0.4) is 0 Å². The SMILES string of the molecule is COc1cccc(-c2cc(C(=O)Nc3ccc(F)c(Cl)c3)n(C)n2)c1. The number of aryl methyl sites for hydroxylation is 1. The molecular formula is C18H15ClFN3O2. The molecule has 1 aromatic heterocycles. The third-order valence-corrected chi connectivity index (χ3v) is 3.95. The maximum atomic E-state index is 13.2. The smallest absolute Gasteiger partial charge is 0.273 e. The molecule has 1 heterocycles. The Bertz CT molecular complexity index is 940. The van der Waals surface area contributed by atoms with E-state index in [9.17, 15) is 9.18 Å². The van der Waals surface area contributed by atoms with Crippen LogP contribution in [0.1, 0.15) is 10.5 Å². The lowest BCUT2D eigenvalue weighted by Gasteiger charge is -2.05. The molecule has 5 nitrogen and oxygen atoms in total. The molecule has 1 amide bonds. The molecule has 2 aromatic carbocycles. The second-order valence-electron chi connectivity index (χ2n) is 5.35. The predicted molar refractivity (Wildman–Crippen MR) is 94.6 cm³/mol. The summed E-state index contributed by atoms with van der Waals surface area (Å²) in [5.74, 6) is -0.206. The van der Waals surface area contributed by atoms with Gasteiger partial charge in [-0.3, -0.25) is 9.48 Å². The molecule has 7 heteroatoms. The summed E-state index contributed by atoms with van der Waals surface area (Å²) in [7, 11) is 3.26. The highest BCUT2D eigenvalue weighted by molar-refractivity contribution is 6.31. The molecule has 0 fully saturated rings. The predicted octanol–water partition coefficient (Wildman–Crippen LogP) is 4.14. The number of nitrogens with one attached hydrogen (secondary N) is 1. The fourth-order valence-electron chi connectivity index (χ4n) is 2.37. The first kappa shape index (κ1) is 17.0. The van der Waals surface area contributed by atoms with E-state index in [1.165, 1.54) is 22.9 Å². The zero-order valence-corrected chi connectivity index (χ0v) is 14.3. The lowest BCUT2D eigenvalue weighted by molar-refractivity contribution is 0.101. The standard InChI is InChI=1S/C18H15ClFN3O2/c1-23-17(18(24)21-12-6-7-15(20)14(19)9-12)10-16(22-23)11-4-3-5-13(8-11)25-2/h3-10H,1-2H3,(H,21,24). The molecule has 1 N–H and O–H groups in total. The molecule has 3 rings (SSSR count). The Balaban J connectivity index is 1.86. The Morgan fingerprint density at radius 3 is 2.76 bits per heavy atom. The number of anilines is 1. The first-order valence-electron chi connectivity index (χ1n) is 7.43. The Hall–Kier alpha value is -2.86. The average molecular weight is 360 g/mol. The Labute approximate surface area is 149 Å². The summed E-state index contributed by atoms with van der Waals surface area (Å²) in [4.78, 5) is 12.5. The van der Waals surface area contributed by atoms with Gasteiger partial charge in [0.2, 0.25) is 0 Å². The zero-order valence-electron chi connectivity index (χ0n) is 13.6. The van der Waals surface area contributed by atoms with E-state index in [0.717, 1.165) is 5.56 Å². The fourth-order valence-corrected chi connectivity index (χ4v) is 2.55. The molecule has 0 saturated carbocycles. The molecule has 0 spiro atoms. The minimum atomic E-state index is -0.541. The quantitative estimate of drug-likeness (QED) is 0.761. The van der Waals surface area contributed by atoms with Crippen molar-refractivity contribution in [3.63, 3.8) is 0 Å². The Morgan fingerprint density at radius 2 is 2.04 bits per heavy atom. The third-order valence-electron chi connectivity index (χ3n) is 3.66. The summed E-state index contributed by atoms with van der Waals surface area (Å²) < 4.78 is 19.9. The number of methoxy groups -OCH3 is 1. The molecule has 0 atom stereocenters. The molecular weight excluding hydrogens is 345 g/mol. The molecule has 3 aromatic rings. The summed E-state index contributed by atoms with van der Waals surface area (Å²) in [5, 5.41) is 6.99. The summed E-state index contributed by atoms with van der Waals surface area (Å²) >= 11 is 5.73. The number of carbonyl (C=O) groups excluding carboxylic acids is 1. The molecule has 0 radical (unpaired) electrons. The number of amides is 1. The molecule has 0 unspecified atom stereocenters. The van der Waals surface area contributed by atoms with E-state index < -0.39 is 5.82 Å². The number of benzene rings is 2. The lowest BCUT2D eigenvalue weighted by atomic mass is 10.1.